The fourth-order valence-electron chi connectivity index (χ4n) is 2.30. The number of nitrogens with one attached hydrogen (secondary N) is 2. The van der Waals surface area contributed by atoms with Gasteiger partial charge in [0.1, 0.15) is 0 Å². The number of aromatic amines is 1. The molecule has 3 aromatic rings. The van der Waals surface area contributed by atoms with Gasteiger partial charge in [-0.2, -0.15) is 0 Å². The van der Waals surface area contributed by atoms with Gasteiger partial charge in [0.15, 0.2) is 11.4 Å². The van der Waals surface area contributed by atoms with Crippen LogP contribution in [0.3, 0.4) is 0 Å². The number of nitrogens with zero attached hydrogens (tertiary/aromatic N) is 3. The van der Waals surface area contributed by atoms with Crippen molar-refractivity contribution in [2.75, 3.05) is 11.9 Å². The van der Waals surface area contributed by atoms with E-state index in [-0.39, 0.29) is 35.0 Å². The predicted octanol–water partition coefficient (Wildman–Crippen LogP) is 1.42. The Morgan fingerprint density at radius 3 is 2.95 bits per heavy atom. The minimum absolute atomic E-state index is 0. The van der Waals surface area contributed by atoms with Crippen LogP contribution in [-0.2, 0) is 0 Å². The van der Waals surface area contributed by atoms with Crippen molar-refractivity contribution < 1.29 is 4.42 Å². The molecule has 2 aromatic heterocycles. The average molecular weight is 326 g/mol. The number of anilines is 1. The number of tetrazole rings is 1. The third kappa shape index (κ3) is 2.36. The molecule has 1 aromatic carbocycles. The Morgan fingerprint density at radius 2 is 2.18 bits per heavy atom. The van der Waals surface area contributed by atoms with E-state index in [1.807, 2.05) is 6.08 Å². The Kier molecular flexibility index (Phi) is 4.05. The van der Waals surface area contributed by atoms with Gasteiger partial charge in [-0.3, -0.25) is 4.79 Å². The fourth-order valence-corrected chi connectivity index (χ4v) is 2.56. The summed E-state index contributed by atoms with van der Waals surface area (Å²) < 4.78 is 5.71. The number of aromatic nitrogens is 4. The second-order valence-electron chi connectivity index (χ2n) is 4.54. The number of hydrogen-bond donors (Lipinski definition) is 2. The van der Waals surface area contributed by atoms with Crippen LogP contribution in [0.4, 0.5) is 5.88 Å². The molecule has 0 bridgehead atoms. The molecular weight excluding hydrogens is 317 g/mol. The Labute approximate surface area is 151 Å². The first kappa shape index (κ1) is 15.2. The van der Waals surface area contributed by atoms with Crippen molar-refractivity contribution in [3.63, 3.8) is 0 Å². The molecule has 0 saturated heterocycles. The molecule has 0 radical (unpaired) electrons. The van der Waals surface area contributed by atoms with E-state index in [4.69, 9.17) is 16.0 Å². The van der Waals surface area contributed by atoms with Gasteiger partial charge in [-0.15, -0.1) is 5.10 Å². The Balaban J connectivity index is 0.00000144. The summed E-state index contributed by atoms with van der Waals surface area (Å²) in [4.78, 5) is 12.6. The molecular formula is C13H9ClN5NaO2. The van der Waals surface area contributed by atoms with Gasteiger partial charge in [0.2, 0.25) is 11.3 Å². The molecule has 1 aliphatic heterocycles. The molecule has 0 unspecified atom stereocenters. The summed E-state index contributed by atoms with van der Waals surface area (Å²) in [5.41, 5.74) is 1.31. The summed E-state index contributed by atoms with van der Waals surface area (Å²) in [5, 5.41) is 17.2. The summed E-state index contributed by atoms with van der Waals surface area (Å²) in [7, 11) is 0. The first-order chi connectivity index (χ1) is 10.2. The third-order valence-electron chi connectivity index (χ3n) is 3.27. The zero-order chi connectivity index (χ0) is 14.4. The minimum atomic E-state index is -0.147. The van der Waals surface area contributed by atoms with Crippen LogP contribution in [0.5, 0.6) is 0 Å². The SMILES string of the molecule is O=c1c2c(oc3c(Cl)cc(-c4nnn[nH]4)cc13)NCC=C2.[NaH]. The van der Waals surface area contributed by atoms with E-state index >= 15 is 0 Å². The van der Waals surface area contributed by atoms with Gasteiger partial charge in [-0.1, -0.05) is 17.7 Å². The first-order valence-electron chi connectivity index (χ1n) is 6.19. The Morgan fingerprint density at radius 1 is 1.32 bits per heavy atom. The summed E-state index contributed by atoms with van der Waals surface area (Å²) >= 11 is 6.23. The van der Waals surface area contributed by atoms with Crippen molar-refractivity contribution in [3.8, 4) is 11.4 Å². The molecule has 106 valence electrons. The molecule has 0 aliphatic carbocycles. The summed E-state index contributed by atoms with van der Waals surface area (Å²) in [5.74, 6) is 0.871. The second-order valence-corrected chi connectivity index (χ2v) is 4.95. The fraction of sp³-hybridized carbons (Fsp3) is 0.0769. The van der Waals surface area contributed by atoms with Crippen LogP contribution in [0.15, 0.2) is 27.4 Å². The van der Waals surface area contributed by atoms with Crippen LogP contribution in [0.1, 0.15) is 5.56 Å². The van der Waals surface area contributed by atoms with Gasteiger partial charge < -0.3 is 9.73 Å². The number of hydrogen-bond acceptors (Lipinski definition) is 6. The van der Waals surface area contributed by atoms with Gasteiger partial charge in [0.05, 0.1) is 16.0 Å². The third-order valence-corrected chi connectivity index (χ3v) is 3.55. The molecule has 22 heavy (non-hydrogen) atoms. The average Bonchev–Trinajstić information content (AvgIpc) is 3.03. The normalized spacial score (nSPS) is 12.6. The number of H-pyrrole nitrogens is 1. The van der Waals surface area contributed by atoms with Crippen LogP contribution in [0, 0.1) is 0 Å². The molecule has 0 fully saturated rings. The molecule has 9 heteroatoms. The van der Waals surface area contributed by atoms with Crippen LogP contribution in [0.2, 0.25) is 5.02 Å². The van der Waals surface area contributed by atoms with Crippen LogP contribution in [-0.4, -0.2) is 56.7 Å². The van der Waals surface area contributed by atoms with Crippen molar-refractivity contribution >= 4 is 64.1 Å². The maximum atomic E-state index is 12.6. The number of benzene rings is 1. The number of rotatable bonds is 1. The molecule has 0 spiro atoms. The Bertz CT molecular complexity index is 936. The monoisotopic (exact) mass is 325 g/mol. The molecule has 0 saturated carbocycles. The van der Waals surface area contributed by atoms with Crippen LogP contribution < -0.4 is 10.7 Å². The number of halogens is 1. The van der Waals surface area contributed by atoms with E-state index in [1.165, 1.54) is 0 Å². The van der Waals surface area contributed by atoms with Crippen molar-refractivity contribution in [3.05, 3.63) is 39.0 Å². The zero-order valence-electron chi connectivity index (χ0n) is 10.6. The molecule has 7 nitrogen and oxygen atoms in total. The topological polar surface area (TPSA) is 96.7 Å². The van der Waals surface area contributed by atoms with E-state index in [0.29, 0.717) is 45.4 Å². The van der Waals surface area contributed by atoms with Gasteiger partial charge in [0.25, 0.3) is 0 Å². The molecule has 3 heterocycles. The van der Waals surface area contributed by atoms with Gasteiger partial charge >= 0.3 is 29.6 Å². The number of fused-ring (bicyclic) bond motifs is 2. The molecule has 0 atom stereocenters. The second kappa shape index (κ2) is 5.85. The van der Waals surface area contributed by atoms with E-state index in [2.05, 4.69) is 25.9 Å². The van der Waals surface area contributed by atoms with Crippen LogP contribution in [0.25, 0.3) is 28.4 Å². The summed E-state index contributed by atoms with van der Waals surface area (Å²) in [6, 6.07) is 3.32. The van der Waals surface area contributed by atoms with Crippen molar-refractivity contribution in [2.24, 2.45) is 0 Å². The summed E-state index contributed by atoms with van der Waals surface area (Å²) in [6.07, 6.45) is 3.60. The molecule has 4 rings (SSSR count). The molecule has 2 N–H and O–H groups in total. The quantitative estimate of drug-likeness (QED) is 0.657. The Hall–Kier alpha value is -1.67. The molecule has 0 amide bonds. The maximum absolute atomic E-state index is 12.6. The van der Waals surface area contributed by atoms with E-state index < -0.39 is 0 Å². The van der Waals surface area contributed by atoms with Gasteiger partial charge in [-0.25, -0.2) is 5.10 Å². The van der Waals surface area contributed by atoms with Crippen molar-refractivity contribution in [1.29, 1.82) is 0 Å². The predicted molar refractivity (Wildman–Crippen MR) is 85.3 cm³/mol. The molecule has 1 aliphatic rings. The van der Waals surface area contributed by atoms with Crippen molar-refractivity contribution in [2.45, 2.75) is 0 Å². The zero-order valence-corrected chi connectivity index (χ0v) is 11.3. The van der Waals surface area contributed by atoms with E-state index in [1.54, 1.807) is 18.2 Å². The van der Waals surface area contributed by atoms with E-state index in [9.17, 15) is 4.79 Å². The van der Waals surface area contributed by atoms with Crippen molar-refractivity contribution in [1.82, 2.24) is 20.6 Å². The summed E-state index contributed by atoms with van der Waals surface area (Å²) in [6.45, 7) is 0.612. The van der Waals surface area contributed by atoms with Gasteiger partial charge in [-0.05, 0) is 28.6 Å². The first-order valence-corrected chi connectivity index (χ1v) is 6.57. The van der Waals surface area contributed by atoms with Gasteiger partial charge in [0, 0.05) is 12.1 Å². The van der Waals surface area contributed by atoms with E-state index in [0.717, 1.165) is 0 Å². The van der Waals surface area contributed by atoms with Crippen LogP contribution >= 0.6 is 11.6 Å². The standard InChI is InChI=1S/C13H8ClN5O2.Na.H/c14-9-5-6(12-16-18-19-17-12)4-8-10(20)7-2-1-3-15-13(7)21-11(8)9;;/h1-2,4-5,15H,3H2,(H,16,17,18,19);;.